The first-order chi connectivity index (χ1) is 5.61. The summed E-state index contributed by atoms with van der Waals surface area (Å²) in [6.07, 6.45) is 1.01. The molecule has 0 aliphatic carbocycles. The number of hydrogen-bond acceptors (Lipinski definition) is 2. The van der Waals surface area contributed by atoms with Crippen LogP contribution in [0.5, 0.6) is 0 Å². The van der Waals surface area contributed by atoms with E-state index in [4.69, 9.17) is 0 Å². The largest absolute Gasteiger partial charge is 0.314 e. The summed E-state index contributed by atoms with van der Waals surface area (Å²) >= 11 is 0. The summed E-state index contributed by atoms with van der Waals surface area (Å²) in [5.41, 5.74) is 0. The fourth-order valence-corrected chi connectivity index (χ4v) is 2.31. The van der Waals surface area contributed by atoms with Crippen molar-refractivity contribution in [3.63, 3.8) is 0 Å². The van der Waals surface area contributed by atoms with Gasteiger partial charge in [0.2, 0.25) is 0 Å². The molecule has 3 unspecified atom stereocenters. The SMILES string of the molecule is CCNC(C)CS(=O)C(C)CC. The molecule has 0 aromatic heterocycles. The first-order valence-corrected chi connectivity index (χ1v) is 6.10. The van der Waals surface area contributed by atoms with Gasteiger partial charge in [0.15, 0.2) is 0 Å². The van der Waals surface area contributed by atoms with Crippen molar-refractivity contribution >= 4 is 10.8 Å². The summed E-state index contributed by atoms with van der Waals surface area (Å²) in [7, 11) is -0.659. The highest BCUT2D eigenvalue weighted by Crippen LogP contribution is 2.02. The second-order valence-electron chi connectivity index (χ2n) is 3.23. The van der Waals surface area contributed by atoms with Crippen LogP contribution in [0.25, 0.3) is 0 Å². The zero-order valence-corrected chi connectivity index (χ0v) is 9.41. The lowest BCUT2D eigenvalue weighted by Gasteiger charge is -2.14. The van der Waals surface area contributed by atoms with Crippen molar-refractivity contribution in [3.05, 3.63) is 0 Å². The molecule has 2 nitrogen and oxygen atoms in total. The lowest BCUT2D eigenvalue weighted by molar-refractivity contribution is 0.603. The Balaban J connectivity index is 3.67. The molecule has 0 aliphatic heterocycles. The Labute approximate surface area is 78.6 Å². The smallest absolute Gasteiger partial charge is 0.0388 e. The second-order valence-corrected chi connectivity index (χ2v) is 5.12. The first-order valence-electron chi connectivity index (χ1n) is 4.72. The van der Waals surface area contributed by atoms with Gasteiger partial charge in [0.05, 0.1) is 0 Å². The Morgan fingerprint density at radius 2 is 1.92 bits per heavy atom. The molecule has 0 saturated heterocycles. The number of hydrogen-bond donors (Lipinski definition) is 1. The Morgan fingerprint density at radius 3 is 2.33 bits per heavy atom. The van der Waals surface area contributed by atoms with Crippen molar-refractivity contribution in [3.8, 4) is 0 Å². The predicted molar refractivity (Wildman–Crippen MR) is 55.9 cm³/mol. The van der Waals surface area contributed by atoms with Gasteiger partial charge in [-0.25, -0.2) is 0 Å². The molecular formula is C9H21NOS. The molecule has 0 spiro atoms. The quantitative estimate of drug-likeness (QED) is 0.690. The maximum absolute atomic E-state index is 11.5. The summed E-state index contributed by atoms with van der Waals surface area (Å²) in [5.74, 6) is 0.781. The Hall–Kier alpha value is 0.110. The van der Waals surface area contributed by atoms with Crippen LogP contribution in [-0.2, 0) is 10.8 Å². The lowest BCUT2D eigenvalue weighted by Crippen LogP contribution is -2.33. The topological polar surface area (TPSA) is 29.1 Å². The molecule has 3 atom stereocenters. The van der Waals surface area contributed by atoms with Crippen LogP contribution in [-0.4, -0.2) is 27.8 Å². The maximum atomic E-state index is 11.5. The minimum Gasteiger partial charge on any atom is -0.314 e. The van der Waals surface area contributed by atoms with Crippen LogP contribution >= 0.6 is 0 Å². The highest BCUT2D eigenvalue weighted by atomic mass is 32.2. The van der Waals surface area contributed by atoms with Crippen molar-refractivity contribution in [1.29, 1.82) is 0 Å². The van der Waals surface area contributed by atoms with Crippen LogP contribution in [0, 0.1) is 0 Å². The molecule has 0 aliphatic rings. The van der Waals surface area contributed by atoms with E-state index in [0.717, 1.165) is 18.7 Å². The van der Waals surface area contributed by atoms with Gasteiger partial charge in [0.1, 0.15) is 0 Å². The lowest BCUT2D eigenvalue weighted by atomic mass is 10.4. The van der Waals surface area contributed by atoms with E-state index < -0.39 is 10.8 Å². The Bertz CT molecular complexity index is 138. The molecule has 0 saturated carbocycles. The van der Waals surface area contributed by atoms with E-state index in [2.05, 4.69) is 33.0 Å². The van der Waals surface area contributed by atoms with Crippen molar-refractivity contribution in [2.45, 2.75) is 45.4 Å². The molecule has 1 N–H and O–H groups in total. The molecule has 0 radical (unpaired) electrons. The standard InChI is InChI=1S/C9H21NOS/c1-5-9(4)12(11)7-8(3)10-6-2/h8-10H,5-7H2,1-4H3. The summed E-state index contributed by atoms with van der Waals surface area (Å²) in [6.45, 7) is 9.25. The third-order valence-corrected chi connectivity index (χ3v) is 4.05. The van der Waals surface area contributed by atoms with Crippen LogP contribution in [0.1, 0.15) is 34.1 Å². The molecule has 0 aromatic carbocycles. The van der Waals surface area contributed by atoms with E-state index in [9.17, 15) is 4.21 Å². The van der Waals surface area contributed by atoms with Gasteiger partial charge in [-0.3, -0.25) is 4.21 Å². The van der Waals surface area contributed by atoms with Crippen molar-refractivity contribution < 1.29 is 4.21 Å². The van der Waals surface area contributed by atoms with Gasteiger partial charge >= 0.3 is 0 Å². The number of rotatable bonds is 6. The summed E-state index contributed by atoms with van der Waals surface area (Å²) in [6, 6.07) is 0.379. The average molecular weight is 191 g/mol. The van der Waals surface area contributed by atoms with E-state index in [1.54, 1.807) is 0 Å². The van der Waals surface area contributed by atoms with E-state index in [0.29, 0.717) is 11.3 Å². The molecule has 0 fully saturated rings. The molecule has 0 rings (SSSR count). The maximum Gasteiger partial charge on any atom is 0.0388 e. The van der Waals surface area contributed by atoms with E-state index in [1.807, 2.05) is 0 Å². The van der Waals surface area contributed by atoms with Crippen LogP contribution < -0.4 is 5.32 Å². The molecule has 0 amide bonds. The van der Waals surface area contributed by atoms with Gasteiger partial charge in [0.25, 0.3) is 0 Å². The van der Waals surface area contributed by atoms with Crippen LogP contribution in [0.15, 0.2) is 0 Å². The second kappa shape index (κ2) is 6.61. The van der Waals surface area contributed by atoms with Gasteiger partial charge in [-0.15, -0.1) is 0 Å². The molecule has 3 heteroatoms. The molecule has 0 heterocycles. The fraction of sp³-hybridized carbons (Fsp3) is 1.00. The van der Waals surface area contributed by atoms with Crippen molar-refractivity contribution in [2.75, 3.05) is 12.3 Å². The van der Waals surface area contributed by atoms with Gasteiger partial charge < -0.3 is 5.32 Å². The zero-order chi connectivity index (χ0) is 9.56. The molecular weight excluding hydrogens is 170 g/mol. The summed E-state index contributed by atoms with van der Waals surface area (Å²) in [4.78, 5) is 0. The van der Waals surface area contributed by atoms with Crippen LogP contribution in [0.3, 0.4) is 0 Å². The molecule has 74 valence electrons. The van der Waals surface area contributed by atoms with Crippen LogP contribution in [0.2, 0.25) is 0 Å². The van der Waals surface area contributed by atoms with Crippen LogP contribution in [0.4, 0.5) is 0 Å². The minimum absolute atomic E-state index is 0.339. The average Bonchev–Trinajstić information content (AvgIpc) is 2.03. The summed E-state index contributed by atoms with van der Waals surface area (Å²) < 4.78 is 11.5. The predicted octanol–water partition coefficient (Wildman–Crippen LogP) is 1.53. The minimum atomic E-state index is -0.659. The zero-order valence-electron chi connectivity index (χ0n) is 8.59. The first kappa shape index (κ1) is 12.1. The van der Waals surface area contributed by atoms with Gasteiger partial charge in [-0.1, -0.05) is 20.8 Å². The fourth-order valence-electron chi connectivity index (χ4n) is 1.00. The Morgan fingerprint density at radius 1 is 1.33 bits per heavy atom. The van der Waals surface area contributed by atoms with Gasteiger partial charge in [0, 0.05) is 27.8 Å². The third kappa shape index (κ3) is 4.88. The molecule has 12 heavy (non-hydrogen) atoms. The van der Waals surface area contributed by atoms with Gasteiger partial charge in [-0.2, -0.15) is 0 Å². The summed E-state index contributed by atoms with van der Waals surface area (Å²) in [5, 5.41) is 3.60. The third-order valence-electron chi connectivity index (χ3n) is 1.99. The van der Waals surface area contributed by atoms with E-state index in [-0.39, 0.29) is 0 Å². The highest BCUT2D eigenvalue weighted by Gasteiger charge is 2.11. The molecule has 0 aromatic rings. The highest BCUT2D eigenvalue weighted by molar-refractivity contribution is 7.85. The van der Waals surface area contributed by atoms with Crippen molar-refractivity contribution in [1.82, 2.24) is 5.32 Å². The van der Waals surface area contributed by atoms with E-state index >= 15 is 0 Å². The van der Waals surface area contributed by atoms with E-state index in [1.165, 1.54) is 0 Å². The normalized spacial score (nSPS) is 18.7. The monoisotopic (exact) mass is 191 g/mol. The number of nitrogens with one attached hydrogen (secondary N) is 1. The molecule has 0 bridgehead atoms. The Kier molecular flexibility index (Phi) is 6.67. The van der Waals surface area contributed by atoms with Crippen molar-refractivity contribution in [2.24, 2.45) is 0 Å². The van der Waals surface area contributed by atoms with Gasteiger partial charge in [-0.05, 0) is 19.9 Å².